The molecule has 3 rings (SSSR count). The third kappa shape index (κ3) is 5.98. The lowest BCUT2D eigenvalue weighted by atomic mass is 9.79. The van der Waals surface area contributed by atoms with Crippen LogP contribution >= 0.6 is 0 Å². The first-order valence-electron chi connectivity index (χ1n) is 11.1. The van der Waals surface area contributed by atoms with Crippen molar-refractivity contribution in [2.24, 2.45) is 5.92 Å². The van der Waals surface area contributed by atoms with E-state index in [2.05, 4.69) is 34.2 Å². The van der Waals surface area contributed by atoms with E-state index < -0.39 is 0 Å². The Bertz CT molecular complexity index is 679. The molecule has 1 heterocycles. The van der Waals surface area contributed by atoms with Gasteiger partial charge in [0.2, 0.25) is 5.82 Å². The van der Waals surface area contributed by atoms with Gasteiger partial charge in [-0.15, -0.1) is 20.4 Å². The van der Waals surface area contributed by atoms with Crippen molar-refractivity contribution in [3.05, 3.63) is 30.1 Å². The highest BCUT2D eigenvalue weighted by Gasteiger charge is 2.24. The van der Waals surface area contributed by atoms with E-state index in [1.54, 1.807) is 0 Å². The number of aromatic nitrogens is 4. The highest BCUT2D eigenvalue weighted by molar-refractivity contribution is 5.55. The van der Waals surface area contributed by atoms with Gasteiger partial charge in [0.05, 0.1) is 6.61 Å². The molecule has 0 atom stereocenters. The van der Waals surface area contributed by atoms with Crippen molar-refractivity contribution >= 4 is 0 Å². The summed E-state index contributed by atoms with van der Waals surface area (Å²) in [6.07, 6.45) is 12.6. The monoisotopic (exact) mass is 382 g/mol. The van der Waals surface area contributed by atoms with Crippen LogP contribution < -0.4 is 4.74 Å². The molecule has 0 bridgehead atoms. The van der Waals surface area contributed by atoms with Gasteiger partial charge >= 0.3 is 0 Å². The van der Waals surface area contributed by atoms with Gasteiger partial charge in [0, 0.05) is 11.5 Å². The van der Waals surface area contributed by atoms with Crippen molar-refractivity contribution < 1.29 is 4.74 Å². The van der Waals surface area contributed by atoms with Crippen LogP contribution in [-0.4, -0.2) is 27.0 Å². The van der Waals surface area contributed by atoms with Crippen molar-refractivity contribution in [2.45, 2.75) is 84.0 Å². The summed E-state index contributed by atoms with van der Waals surface area (Å²) in [4.78, 5) is 0. The molecule has 2 aromatic rings. The predicted molar refractivity (Wildman–Crippen MR) is 112 cm³/mol. The molecule has 1 saturated carbocycles. The number of nitrogens with zero attached hydrogens (tertiary/aromatic N) is 4. The predicted octanol–water partition coefficient (Wildman–Crippen LogP) is 5.97. The molecule has 0 saturated heterocycles. The van der Waals surface area contributed by atoms with Gasteiger partial charge in [-0.2, -0.15) is 0 Å². The number of hydrogen-bond donors (Lipinski definition) is 0. The molecule has 0 unspecified atom stereocenters. The standard InChI is InChI=1S/C23H34N4O/c1-3-5-7-8-18-9-11-19(12-10-18)22-24-26-23(27-25-22)20-13-15-21(16-14-20)28-17-6-4-2/h13-16,18-19H,3-12,17H2,1-2H3. The molecule has 0 radical (unpaired) electrons. The Kier molecular flexibility index (Phi) is 8.19. The zero-order valence-corrected chi connectivity index (χ0v) is 17.4. The fourth-order valence-corrected chi connectivity index (χ4v) is 3.94. The largest absolute Gasteiger partial charge is 0.494 e. The third-order valence-corrected chi connectivity index (χ3v) is 5.80. The quantitative estimate of drug-likeness (QED) is 0.474. The van der Waals surface area contributed by atoms with Crippen LogP contribution in [0.2, 0.25) is 0 Å². The van der Waals surface area contributed by atoms with Crippen LogP contribution in [0.25, 0.3) is 11.4 Å². The van der Waals surface area contributed by atoms with Crippen LogP contribution in [0.1, 0.15) is 89.8 Å². The zero-order valence-electron chi connectivity index (χ0n) is 17.4. The molecular formula is C23H34N4O. The van der Waals surface area contributed by atoms with Crippen LogP contribution in [0.3, 0.4) is 0 Å². The van der Waals surface area contributed by atoms with Crippen LogP contribution in [0.15, 0.2) is 24.3 Å². The molecule has 1 aromatic heterocycles. The summed E-state index contributed by atoms with van der Waals surface area (Å²) in [6.45, 7) is 5.19. The molecule has 5 heteroatoms. The van der Waals surface area contributed by atoms with Crippen molar-refractivity contribution in [3.63, 3.8) is 0 Å². The number of benzene rings is 1. The Balaban J connectivity index is 1.51. The molecule has 0 N–H and O–H groups in total. The molecule has 1 aliphatic carbocycles. The lowest BCUT2D eigenvalue weighted by Gasteiger charge is -2.27. The maximum absolute atomic E-state index is 5.70. The van der Waals surface area contributed by atoms with E-state index in [0.717, 1.165) is 42.5 Å². The lowest BCUT2D eigenvalue weighted by Crippen LogP contribution is -2.16. The minimum absolute atomic E-state index is 0.422. The second-order valence-corrected chi connectivity index (χ2v) is 8.02. The molecule has 1 aliphatic rings. The molecule has 1 aromatic carbocycles. The summed E-state index contributed by atoms with van der Waals surface area (Å²) in [5, 5.41) is 17.5. The van der Waals surface area contributed by atoms with Gasteiger partial charge in [-0.25, -0.2) is 0 Å². The minimum atomic E-state index is 0.422. The summed E-state index contributed by atoms with van der Waals surface area (Å²) in [7, 11) is 0. The number of unbranched alkanes of at least 4 members (excludes halogenated alkanes) is 3. The van der Waals surface area contributed by atoms with Crippen molar-refractivity contribution in [3.8, 4) is 17.1 Å². The first-order valence-corrected chi connectivity index (χ1v) is 11.1. The summed E-state index contributed by atoms with van der Waals surface area (Å²) >= 11 is 0. The van der Waals surface area contributed by atoms with Crippen LogP contribution in [-0.2, 0) is 0 Å². The smallest absolute Gasteiger partial charge is 0.203 e. The second-order valence-electron chi connectivity index (χ2n) is 8.02. The van der Waals surface area contributed by atoms with Crippen molar-refractivity contribution in [1.29, 1.82) is 0 Å². The van der Waals surface area contributed by atoms with E-state index >= 15 is 0 Å². The third-order valence-electron chi connectivity index (χ3n) is 5.80. The second kappa shape index (κ2) is 11.1. The van der Waals surface area contributed by atoms with Crippen molar-refractivity contribution in [1.82, 2.24) is 20.4 Å². The van der Waals surface area contributed by atoms with Gasteiger partial charge in [0.1, 0.15) is 5.75 Å². The highest BCUT2D eigenvalue weighted by atomic mass is 16.5. The average molecular weight is 383 g/mol. The van der Waals surface area contributed by atoms with Gasteiger partial charge in [0.15, 0.2) is 5.82 Å². The fourth-order valence-electron chi connectivity index (χ4n) is 3.94. The summed E-state index contributed by atoms with van der Waals surface area (Å²) < 4.78 is 5.70. The average Bonchev–Trinajstić information content (AvgIpc) is 2.75. The van der Waals surface area contributed by atoms with E-state index in [4.69, 9.17) is 4.74 Å². The Hall–Kier alpha value is -2.04. The van der Waals surface area contributed by atoms with E-state index in [9.17, 15) is 0 Å². The molecule has 1 fully saturated rings. The van der Waals surface area contributed by atoms with E-state index in [-0.39, 0.29) is 0 Å². The number of ether oxygens (including phenoxy) is 1. The molecule has 0 amide bonds. The van der Waals surface area contributed by atoms with Gasteiger partial charge < -0.3 is 4.74 Å². The maximum atomic E-state index is 5.70. The zero-order chi connectivity index (χ0) is 19.6. The Morgan fingerprint density at radius 2 is 1.50 bits per heavy atom. The van der Waals surface area contributed by atoms with E-state index in [1.165, 1.54) is 51.4 Å². The molecule has 0 aliphatic heterocycles. The van der Waals surface area contributed by atoms with Gasteiger partial charge in [-0.3, -0.25) is 0 Å². The van der Waals surface area contributed by atoms with E-state index in [1.807, 2.05) is 24.3 Å². The normalized spacial score (nSPS) is 19.5. The fraction of sp³-hybridized carbons (Fsp3) is 0.652. The van der Waals surface area contributed by atoms with Crippen molar-refractivity contribution in [2.75, 3.05) is 6.61 Å². The topological polar surface area (TPSA) is 60.8 Å². The van der Waals surface area contributed by atoms with E-state index in [0.29, 0.717) is 11.7 Å². The highest BCUT2D eigenvalue weighted by Crippen LogP contribution is 2.36. The summed E-state index contributed by atoms with van der Waals surface area (Å²) in [5.41, 5.74) is 0.925. The molecule has 152 valence electrons. The van der Waals surface area contributed by atoms with Crippen LogP contribution in [0.4, 0.5) is 0 Å². The van der Waals surface area contributed by atoms with Gasteiger partial charge in [0.25, 0.3) is 0 Å². The Labute approximate surface area is 169 Å². The minimum Gasteiger partial charge on any atom is -0.494 e. The number of rotatable bonds is 10. The van der Waals surface area contributed by atoms with Gasteiger partial charge in [-0.1, -0.05) is 46.0 Å². The lowest BCUT2D eigenvalue weighted by molar-refractivity contribution is 0.295. The Morgan fingerprint density at radius 3 is 2.14 bits per heavy atom. The molecule has 5 nitrogen and oxygen atoms in total. The molecule has 0 spiro atoms. The number of hydrogen-bond acceptors (Lipinski definition) is 5. The molecule has 28 heavy (non-hydrogen) atoms. The Morgan fingerprint density at radius 1 is 0.821 bits per heavy atom. The van der Waals surface area contributed by atoms with Crippen LogP contribution in [0.5, 0.6) is 5.75 Å². The first-order chi connectivity index (χ1) is 13.8. The van der Waals surface area contributed by atoms with Crippen LogP contribution in [0, 0.1) is 5.92 Å². The SMILES string of the molecule is CCCCCC1CCC(c2nnc(-c3ccc(OCCCC)cc3)nn2)CC1. The molecular weight excluding hydrogens is 348 g/mol. The van der Waals surface area contributed by atoms with Gasteiger partial charge in [-0.05, 0) is 62.3 Å². The summed E-state index contributed by atoms with van der Waals surface area (Å²) in [6, 6.07) is 7.87. The maximum Gasteiger partial charge on any atom is 0.203 e. The first kappa shape index (κ1) is 20.7. The summed E-state index contributed by atoms with van der Waals surface area (Å²) in [5.74, 6) is 3.59.